The predicted octanol–water partition coefficient (Wildman–Crippen LogP) is 7.48. The Morgan fingerprint density at radius 3 is 1.62 bits per heavy atom. The average Bonchev–Trinajstić information content (AvgIpc) is 2.52. The van der Waals surface area contributed by atoms with E-state index < -0.39 is 35.1 Å². The molecule has 0 saturated heterocycles. The van der Waals surface area contributed by atoms with E-state index in [4.69, 9.17) is 0 Å². The quantitative estimate of drug-likeness (QED) is 0.288. The molecule has 0 aliphatic carbocycles. The summed E-state index contributed by atoms with van der Waals surface area (Å²) in [6, 6.07) is 5.00. The van der Waals surface area contributed by atoms with Crippen molar-refractivity contribution in [2.75, 3.05) is 0 Å². The van der Waals surface area contributed by atoms with E-state index in [0.717, 1.165) is 12.1 Å². The molecule has 2 aromatic carbocycles. The van der Waals surface area contributed by atoms with Crippen molar-refractivity contribution in [3.63, 3.8) is 0 Å². The van der Waals surface area contributed by atoms with E-state index in [-0.39, 0.29) is 17.0 Å². The van der Waals surface area contributed by atoms with Crippen LogP contribution in [0.25, 0.3) is 0 Å². The Kier molecular flexibility index (Phi) is 8.06. The summed E-state index contributed by atoms with van der Waals surface area (Å²) in [6.45, 7) is 0. The number of halogens is 10. The first-order chi connectivity index (χ1) is 11.9. The minimum absolute atomic E-state index is 0.122. The van der Waals surface area contributed by atoms with Gasteiger partial charge in [-0.1, -0.05) is 37.9 Å². The lowest BCUT2D eigenvalue weighted by Crippen LogP contribution is -2.12. The fourth-order valence-corrected chi connectivity index (χ4v) is 2.63. The molecule has 0 amide bonds. The maximum Gasteiger partial charge on any atom is 0.416 e. The van der Waals surface area contributed by atoms with Crippen LogP contribution in [-0.2, 0) is 23.0 Å². The lowest BCUT2D eigenvalue weighted by Gasteiger charge is -2.14. The highest BCUT2D eigenvalue weighted by atomic mass is 79.9. The van der Waals surface area contributed by atoms with E-state index in [9.17, 15) is 35.1 Å². The van der Waals surface area contributed by atoms with Gasteiger partial charge in [0.15, 0.2) is 0 Å². The molecule has 0 heterocycles. The Bertz CT molecular complexity index is 718. The Morgan fingerprint density at radius 2 is 1.23 bits per heavy atom. The van der Waals surface area contributed by atoms with Crippen LogP contribution < -0.4 is 0 Å². The van der Waals surface area contributed by atoms with Crippen LogP contribution in [0.3, 0.4) is 0 Å². The average molecular weight is 514 g/mol. The van der Waals surface area contributed by atoms with Crippen molar-refractivity contribution < 1.29 is 35.1 Å². The highest BCUT2D eigenvalue weighted by Gasteiger charge is 2.37. The van der Waals surface area contributed by atoms with E-state index in [1.54, 1.807) is 0 Å². The van der Waals surface area contributed by atoms with Crippen molar-refractivity contribution in [2.45, 2.75) is 23.0 Å². The van der Waals surface area contributed by atoms with Crippen LogP contribution in [0.1, 0.15) is 22.3 Å². The first-order valence-corrected chi connectivity index (χ1v) is 8.97. The molecule has 0 aliphatic rings. The second-order valence-electron chi connectivity index (χ2n) is 4.91. The number of hydrogen-bond acceptors (Lipinski definition) is 0. The SMILES string of the molecule is FC(F)(F)c1ccc(CBr)c(C(F)(F)F)c1.Fc1cc(F)cc(CBr)c1. The second kappa shape index (κ2) is 9.16. The molecule has 0 bridgehead atoms. The minimum Gasteiger partial charge on any atom is -0.207 e. The maximum absolute atomic E-state index is 12.4. The topological polar surface area (TPSA) is 0 Å². The van der Waals surface area contributed by atoms with Gasteiger partial charge < -0.3 is 0 Å². The molecule has 0 N–H and O–H groups in total. The molecule has 0 atom stereocenters. The van der Waals surface area contributed by atoms with Crippen LogP contribution >= 0.6 is 31.9 Å². The molecule has 0 radical (unpaired) electrons. The van der Waals surface area contributed by atoms with E-state index in [0.29, 0.717) is 17.0 Å². The molecule has 0 unspecified atom stereocenters. The standard InChI is InChI=1S/C9H5BrF6.C7H5BrF2/c10-4-5-1-2-6(8(11,12)13)3-7(5)9(14,15)16;8-4-5-1-6(9)3-7(10)2-5/h1-3H,4H2;1-3H,4H2. The van der Waals surface area contributed by atoms with Crippen LogP contribution in [0, 0.1) is 11.6 Å². The summed E-state index contributed by atoms with van der Waals surface area (Å²) in [4.78, 5) is 0. The zero-order valence-corrected chi connectivity index (χ0v) is 15.8. The van der Waals surface area contributed by atoms with E-state index in [2.05, 4.69) is 31.9 Å². The second-order valence-corrected chi connectivity index (χ2v) is 6.03. The summed E-state index contributed by atoms with van der Waals surface area (Å²) in [6.07, 6.45) is -9.56. The zero-order valence-electron chi connectivity index (χ0n) is 12.7. The van der Waals surface area contributed by atoms with Gasteiger partial charge in [0.25, 0.3) is 0 Å². The van der Waals surface area contributed by atoms with Gasteiger partial charge in [0.05, 0.1) is 11.1 Å². The van der Waals surface area contributed by atoms with Gasteiger partial charge in [-0.3, -0.25) is 0 Å². The molecular formula is C16H10Br2F8. The third kappa shape index (κ3) is 6.86. The number of rotatable bonds is 2. The van der Waals surface area contributed by atoms with Gasteiger partial charge in [-0.25, -0.2) is 8.78 Å². The van der Waals surface area contributed by atoms with Crippen LogP contribution in [-0.4, -0.2) is 0 Å². The van der Waals surface area contributed by atoms with E-state index >= 15 is 0 Å². The van der Waals surface area contributed by atoms with Crippen molar-refractivity contribution in [3.8, 4) is 0 Å². The molecule has 0 spiro atoms. The molecule has 26 heavy (non-hydrogen) atoms. The zero-order chi connectivity index (χ0) is 20.1. The van der Waals surface area contributed by atoms with Gasteiger partial charge in [0.1, 0.15) is 11.6 Å². The Hall–Kier alpha value is -1.16. The van der Waals surface area contributed by atoms with Crippen molar-refractivity contribution in [3.05, 3.63) is 70.3 Å². The van der Waals surface area contributed by atoms with Gasteiger partial charge in [0.2, 0.25) is 0 Å². The first kappa shape index (κ1) is 22.9. The minimum atomic E-state index is -4.79. The molecule has 2 aromatic rings. The molecular weight excluding hydrogens is 504 g/mol. The van der Waals surface area contributed by atoms with Gasteiger partial charge in [0, 0.05) is 16.7 Å². The first-order valence-electron chi connectivity index (χ1n) is 6.72. The predicted molar refractivity (Wildman–Crippen MR) is 88.1 cm³/mol. The Labute approximate surface area is 160 Å². The molecule has 0 saturated carbocycles. The fourth-order valence-electron chi connectivity index (χ4n) is 1.82. The summed E-state index contributed by atoms with van der Waals surface area (Å²) in [5.74, 6) is -1.07. The highest BCUT2D eigenvalue weighted by Crippen LogP contribution is 2.37. The van der Waals surface area contributed by atoms with E-state index in [1.165, 1.54) is 12.1 Å². The molecule has 144 valence electrons. The lowest BCUT2D eigenvalue weighted by atomic mass is 10.0. The molecule has 2 rings (SSSR count). The fraction of sp³-hybridized carbons (Fsp3) is 0.250. The van der Waals surface area contributed by atoms with Crippen LogP contribution in [0.4, 0.5) is 35.1 Å². The lowest BCUT2D eigenvalue weighted by molar-refractivity contribution is -0.143. The highest BCUT2D eigenvalue weighted by molar-refractivity contribution is 9.08. The van der Waals surface area contributed by atoms with Crippen molar-refractivity contribution in [1.29, 1.82) is 0 Å². The molecule has 0 fully saturated rings. The third-order valence-corrected chi connectivity index (χ3v) is 4.21. The van der Waals surface area contributed by atoms with Crippen molar-refractivity contribution in [1.82, 2.24) is 0 Å². The molecule has 10 heteroatoms. The Morgan fingerprint density at radius 1 is 0.692 bits per heavy atom. The summed E-state index contributed by atoms with van der Waals surface area (Å²) >= 11 is 5.89. The van der Waals surface area contributed by atoms with Crippen LogP contribution in [0.15, 0.2) is 36.4 Å². The maximum atomic E-state index is 12.4. The summed E-state index contributed by atoms with van der Waals surface area (Å²) in [5, 5.41) is 0.321. The Balaban J connectivity index is 0.000000289. The molecule has 0 nitrogen and oxygen atoms in total. The van der Waals surface area contributed by atoms with Gasteiger partial charge in [-0.05, 0) is 35.4 Å². The van der Waals surface area contributed by atoms with E-state index in [1.807, 2.05) is 0 Å². The summed E-state index contributed by atoms with van der Waals surface area (Å²) < 4.78 is 98.6. The monoisotopic (exact) mass is 512 g/mol. The third-order valence-electron chi connectivity index (χ3n) is 2.96. The smallest absolute Gasteiger partial charge is 0.207 e. The molecule has 0 aliphatic heterocycles. The molecule has 0 aromatic heterocycles. The van der Waals surface area contributed by atoms with Crippen LogP contribution in [0.2, 0.25) is 0 Å². The van der Waals surface area contributed by atoms with Gasteiger partial charge in [-0.15, -0.1) is 0 Å². The largest absolute Gasteiger partial charge is 0.416 e. The van der Waals surface area contributed by atoms with Crippen LogP contribution in [0.5, 0.6) is 0 Å². The number of alkyl halides is 8. The van der Waals surface area contributed by atoms with Gasteiger partial charge in [-0.2, -0.15) is 26.3 Å². The number of benzene rings is 2. The van der Waals surface area contributed by atoms with Crippen molar-refractivity contribution >= 4 is 31.9 Å². The summed E-state index contributed by atoms with van der Waals surface area (Å²) in [5.41, 5.74) is -2.18. The number of hydrogen-bond donors (Lipinski definition) is 0. The summed E-state index contributed by atoms with van der Waals surface area (Å²) in [7, 11) is 0. The van der Waals surface area contributed by atoms with Gasteiger partial charge >= 0.3 is 12.4 Å². The van der Waals surface area contributed by atoms with Crippen molar-refractivity contribution in [2.24, 2.45) is 0 Å². The normalized spacial score (nSPS) is 11.8.